The highest BCUT2D eigenvalue weighted by Gasteiger charge is 2.25. The molecule has 0 unspecified atom stereocenters. The lowest BCUT2D eigenvalue weighted by Gasteiger charge is -2.35. The van der Waals surface area contributed by atoms with Gasteiger partial charge in [0.05, 0.1) is 16.3 Å². The number of aryl methyl sites for hydroxylation is 1. The number of piperazine rings is 1. The normalized spacial score (nSPS) is 15.3. The van der Waals surface area contributed by atoms with Gasteiger partial charge in [-0.3, -0.25) is 4.79 Å². The quantitative estimate of drug-likeness (QED) is 0.711. The number of nitrogens with zero attached hydrogens (tertiary/aromatic N) is 3. The van der Waals surface area contributed by atoms with E-state index in [0.29, 0.717) is 24.2 Å². The van der Waals surface area contributed by atoms with Gasteiger partial charge in [-0.25, -0.2) is 8.42 Å². The van der Waals surface area contributed by atoms with Crippen molar-refractivity contribution in [2.24, 2.45) is 0 Å². The van der Waals surface area contributed by atoms with Crippen molar-refractivity contribution in [1.82, 2.24) is 9.21 Å². The molecule has 1 N–H and O–H groups in total. The first-order valence-corrected chi connectivity index (χ1v) is 12.2. The summed E-state index contributed by atoms with van der Waals surface area (Å²) in [5.74, 6) is -0.322. The molecule has 168 valence electrons. The molecule has 0 atom stereocenters. The van der Waals surface area contributed by atoms with E-state index in [0.717, 1.165) is 37.6 Å². The lowest BCUT2D eigenvalue weighted by atomic mass is 10.1. The summed E-state index contributed by atoms with van der Waals surface area (Å²) >= 11 is 0. The Kier molecular flexibility index (Phi) is 7.35. The number of carbonyl (C=O) groups excluding carboxylic acids is 1. The average Bonchev–Trinajstić information content (AvgIpc) is 2.75. The van der Waals surface area contributed by atoms with Gasteiger partial charge in [0.2, 0.25) is 10.0 Å². The van der Waals surface area contributed by atoms with Gasteiger partial charge in [0.1, 0.15) is 0 Å². The fraction of sp³-hybridized carbons (Fsp3) is 0.435. The number of nitrogens with one attached hydrogen (secondary N) is 1. The summed E-state index contributed by atoms with van der Waals surface area (Å²) < 4.78 is 27.4. The standard InChI is InChI=1S/C23H32N4O3S/c1-5-27(6-2)31(29,30)22-17-19(12-11-18(22)3)23(28)24-20-9-7-8-10-21(20)26-15-13-25(4)14-16-26/h7-12,17H,5-6,13-16H2,1-4H3,(H,24,28). The molecule has 1 amide bonds. The van der Waals surface area contributed by atoms with Gasteiger partial charge < -0.3 is 15.1 Å². The molecule has 1 fully saturated rings. The number of carbonyl (C=O) groups is 1. The average molecular weight is 445 g/mol. The lowest BCUT2D eigenvalue weighted by Crippen LogP contribution is -2.44. The number of sulfonamides is 1. The van der Waals surface area contributed by atoms with Gasteiger partial charge in [0.25, 0.3) is 5.91 Å². The van der Waals surface area contributed by atoms with Gasteiger partial charge in [0.15, 0.2) is 0 Å². The summed E-state index contributed by atoms with van der Waals surface area (Å²) in [6, 6.07) is 12.6. The summed E-state index contributed by atoms with van der Waals surface area (Å²) in [6.07, 6.45) is 0. The van der Waals surface area contributed by atoms with E-state index in [1.54, 1.807) is 19.1 Å². The van der Waals surface area contributed by atoms with E-state index in [1.807, 2.05) is 38.1 Å². The fourth-order valence-electron chi connectivity index (χ4n) is 3.82. The number of likely N-dealkylation sites (N-methyl/N-ethyl adjacent to an activating group) is 1. The van der Waals surface area contributed by atoms with E-state index in [4.69, 9.17) is 0 Å². The smallest absolute Gasteiger partial charge is 0.255 e. The Bertz CT molecular complexity index is 1030. The van der Waals surface area contributed by atoms with E-state index >= 15 is 0 Å². The Hall–Kier alpha value is -2.42. The summed E-state index contributed by atoms with van der Waals surface area (Å²) in [5.41, 5.74) is 2.66. The maximum atomic E-state index is 13.1. The first-order chi connectivity index (χ1) is 14.8. The van der Waals surface area contributed by atoms with Gasteiger partial charge in [-0.2, -0.15) is 4.31 Å². The Labute approximate surface area is 185 Å². The molecule has 0 aromatic heterocycles. The molecule has 1 heterocycles. The Morgan fingerprint density at radius 1 is 1.03 bits per heavy atom. The van der Waals surface area contributed by atoms with Crippen molar-refractivity contribution in [3.8, 4) is 0 Å². The minimum absolute atomic E-state index is 0.177. The molecule has 0 bridgehead atoms. The zero-order valence-electron chi connectivity index (χ0n) is 18.8. The molecule has 31 heavy (non-hydrogen) atoms. The van der Waals surface area contributed by atoms with Gasteiger partial charge in [-0.15, -0.1) is 0 Å². The van der Waals surface area contributed by atoms with Crippen LogP contribution in [0.3, 0.4) is 0 Å². The van der Waals surface area contributed by atoms with Gasteiger partial charge >= 0.3 is 0 Å². The molecule has 8 heteroatoms. The predicted molar refractivity (Wildman–Crippen MR) is 125 cm³/mol. The van der Waals surface area contributed by atoms with Crippen molar-refractivity contribution >= 4 is 27.3 Å². The zero-order valence-corrected chi connectivity index (χ0v) is 19.6. The van der Waals surface area contributed by atoms with Crippen LogP contribution >= 0.6 is 0 Å². The molecule has 0 saturated carbocycles. The minimum atomic E-state index is -3.65. The number of hydrogen-bond donors (Lipinski definition) is 1. The van der Waals surface area contributed by atoms with E-state index in [-0.39, 0.29) is 10.8 Å². The molecule has 1 saturated heterocycles. The van der Waals surface area contributed by atoms with Crippen LogP contribution in [0.1, 0.15) is 29.8 Å². The largest absolute Gasteiger partial charge is 0.367 e. The maximum Gasteiger partial charge on any atom is 0.255 e. The monoisotopic (exact) mass is 444 g/mol. The third-order valence-corrected chi connectivity index (χ3v) is 7.96. The SMILES string of the molecule is CCN(CC)S(=O)(=O)c1cc(C(=O)Nc2ccccc2N2CCN(C)CC2)ccc1C. The van der Waals surface area contributed by atoms with Crippen molar-refractivity contribution in [3.05, 3.63) is 53.6 Å². The highest BCUT2D eigenvalue weighted by Crippen LogP contribution is 2.28. The van der Waals surface area contributed by atoms with Crippen molar-refractivity contribution in [2.75, 3.05) is 56.5 Å². The maximum absolute atomic E-state index is 13.1. The van der Waals surface area contributed by atoms with Crippen molar-refractivity contribution in [3.63, 3.8) is 0 Å². The number of hydrogen-bond acceptors (Lipinski definition) is 5. The fourth-order valence-corrected chi connectivity index (χ4v) is 5.53. The second-order valence-electron chi connectivity index (χ2n) is 7.83. The molecule has 1 aliphatic rings. The minimum Gasteiger partial charge on any atom is -0.367 e. The molecular weight excluding hydrogens is 412 g/mol. The first kappa shape index (κ1) is 23.2. The van der Waals surface area contributed by atoms with E-state index in [2.05, 4.69) is 22.2 Å². The third kappa shape index (κ3) is 5.08. The number of benzene rings is 2. The second-order valence-corrected chi connectivity index (χ2v) is 9.74. The molecule has 1 aliphatic heterocycles. The molecular formula is C23H32N4O3S. The third-order valence-electron chi connectivity index (χ3n) is 5.77. The van der Waals surface area contributed by atoms with Crippen molar-refractivity contribution in [1.29, 1.82) is 0 Å². The lowest BCUT2D eigenvalue weighted by molar-refractivity contribution is 0.102. The van der Waals surface area contributed by atoms with Crippen LogP contribution in [0.5, 0.6) is 0 Å². The van der Waals surface area contributed by atoms with Crippen molar-refractivity contribution < 1.29 is 13.2 Å². The number of para-hydroxylation sites is 2. The van der Waals surface area contributed by atoms with E-state index in [9.17, 15) is 13.2 Å². The summed E-state index contributed by atoms with van der Waals surface area (Å²) in [7, 11) is -1.55. The van der Waals surface area contributed by atoms with Crippen LogP contribution in [0.2, 0.25) is 0 Å². The molecule has 0 spiro atoms. The zero-order chi connectivity index (χ0) is 22.6. The Morgan fingerprint density at radius 2 is 1.68 bits per heavy atom. The summed E-state index contributed by atoms with van der Waals surface area (Å²) in [6.45, 7) is 9.84. The van der Waals surface area contributed by atoms with Crippen molar-refractivity contribution in [2.45, 2.75) is 25.7 Å². The number of rotatable bonds is 7. The van der Waals surface area contributed by atoms with E-state index in [1.165, 1.54) is 10.4 Å². The molecule has 0 aliphatic carbocycles. The summed E-state index contributed by atoms with van der Waals surface area (Å²) in [4.78, 5) is 17.8. The summed E-state index contributed by atoms with van der Waals surface area (Å²) in [5, 5.41) is 2.99. The van der Waals surface area contributed by atoms with Crippen LogP contribution in [-0.2, 0) is 10.0 Å². The van der Waals surface area contributed by atoms with Gasteiger partial charge in [-0.05, 0) is 43.8 Å². The Morgan fingerprint density at radius 3 is 2.32 bits per heavy atom. The molecule has 3 rings (SSSR count). The molecule has 0 radical (unpaired) electrons. The van der Waals surface area contributed by atoms with Crippen LogP contribution in [0.15, 0.2) is 47.4 Å². The first-order valence-electron chi connectivity index (χ1n) is 10.7. The Balaban J connectivity index is 1.87. The molecule has 2 aromatic rings. The highest BCUT2D eigenvalue weighted by molar-refractivity contribution is 7.89. The highest BCUT2D eigenvalue weighted by atomic mass is 32.2. The molecule has 2 aromatic carbocycles. The van der Waals surface area contributed by atoms with Crippen LogP contribution in [0.4, 0.5) is 11.4 Å². The van der Waals surface area contributed by atoms with Gasteiger partial charge in [0, 0.05) is 44.8 Å². The van der Waals surface area contributed by atoms with Crippen LogP contribution in [-0.4, -0.2) is 69.8 Å². The number of anilines is 2. The van der Waals surface area contributed by atoms with Crippen LogP contribution in [0, 0.1) is 6.92 Å². The predicted octanol–water partition coefficient (Wildman–Crippen LogP) is 3.03. The van der Waals surface area contributed by atoms with Gasteiger partial charge in [-0.1, -0.05) is 32.0 Å². The number of amides is 1. The van der Waals surface area contributed by atoms with Crippen LogP contribution in [0.25, 0.3) is 0 Å². The van der Waals surface area contributed by atoms with Crippen LogP contribution < -0.4 is 10.2 Å². The van der Waals surface area contributed by atoms with E-state index < -0.39 is 10.0 Å². The molecule has 7 nitrogen and oxygen atoms in total. The topological polar surface area (TPSA) is 73.0 Å². The second kappa shape index (κ2) is 9.80.